The molecule has 0 unspecified atom stereocenters. The fraction of sp³-hybridized carbons (Fsp3) is 0.425. The van der Waals surface area contributed by atoms with Crippen molar-refractivity contribution < 1.29 is 18.4 Å². The number of rotatable bonds is 19. The van der Waals surface area contributed by atoms with Crippen molar-refractivity contribution in [2.75, 3.05) is 6.61 Å². The summed E-state index contributed by atoms with van der Waals surface area (Å²) in [5.41, 5.74) is 8.78. The van der Waals surface area contributed by atoms with Gasteiger partial charge in [0.2, 0.25) is 0 Å². The van der Waals surface area contributed by atoms with Gasteiger partial charge in [-0.1, -0.05) is 55.7 Å². The summed E-state index contributed by atoms with van der Waals surface area (Å²) in [4.78, 5) is 0. The molecule has 0 atom stereocenters. The van der Waals surface area contributed by atoms with Gasteiger partial charge in [0.1, 0.15) is 5.69 Å². The van der Waals surface area contributed by atoms with Crippen LogP contribution in [0.1, 0.15) is 73.4 Å². The van der Waals surface area contributed by atoms with Crippen LogP contribution in [0.2, 0.25) is 0 Å². The molecule has 4 heterocycles. The molecule has 0 bridgehead atoms. The van der Waals surface area contributed by atoms with Crippen molar-refractivity contribution in [3.63, 3.8) is 0 Å². The highest BCUT2D eigenvalue weighted by Gasteiger charge is 2.09. The molecule has 0 amide bonds. The predicted molar refractivity (Wildman–Crippen MR) is 185 cm³/mol. The second-order valence-corrected chi connectivity index (χ2v) is 12.9. The van der Waals surface area contributed by atoms with E-state index < -0.39 is 0 Å². The third-order valence-corrected chi connectivity index (χ3v) is 8.66. The average Bonchev–Trinajstić information content (AvgIpc) is 3.53. The second kappa shape index (κ2) is 18.2. The zero-order valence-electron chi connectivity index (χ0n) is 28.7. The van der Waals surface area contributed by atoms with Gasteiger partial charge in [0.25, 0.3) is 0 Å². The van der Waals surface area contributed by atoms with Crippen LogP contribution < -0.4 is 13.7 Å². The molecule has 0 N–H and O–H groups in total. The van der Waals surface area contributed by atoms with Gasteiger partial charge in [-0.25, -0.2) is 13.7 Å². The number of nitrogens with zero attached hydrogens (tertiary/aromatic N) is 6. The zero-order valence-corrected chi connectivity index (χ0v) is 28.7. The number of aromatic nitrogens is 6. The van der Waals surface area contributed by atoms with E-state index in [2.05, 4.69) is 137 Å². The molecule has 1 aromatic carbocycles. The van der Waals surface area contributed by atoms with E-state index in [1.165, 1.54) is 52.6 Å². The van der Waals surface area contributed by atoms with Gasteiger partial charge in [-0.2, -0.15) is 0 Å². The first-order valence-electron chi connectivity index (χ1n) is 17.5. The molecular weight excluding hydrogens is 580 g/mol. The van der Waals surface area contributed by atoms with Crippen LogP contribution >= 0.6 is 0 Å². The van der Waals surface area contributed by atoms with Gasteiger partial charge in [0.15, 0.2) is 56.8 Å². The molecule has 7 nitrogen and oxygen atoms in total. The average molecular weight is 634 g/mol. The Kier molecular flexibility index (Phi) is 13.2. The summed E-state index contributed by atoms with van der Waals surface area (Å²) >= 11 is 0. The lowest BCUT2D eigenvalue weighted by Gasteiger charge is -2.05. The van der Waals surface area contributed by atoms with Crippen molar-refractivity contribution in [2.45, 2.75) is 105 Å². The van der Waals surface area contributed by atoms with Crippen molar-refractivity contribution in [1.82, 2.24) is 15.0 Å². The zero-order chi connectivity index (χ0) is 32.7. The molecule has 4 aromatic heterocycles. The van der Waals surface area contributed by atoms with Gasteiger partial charge in [0, 0.05) is 55.0 Å². The lowest BCUT2D eigenvalue weighted by atomic mass is 10.1. The maximum absolute atomic E-state index is 5.75. The van der Waals surface area contributed by atoms with Crippen LogP contribution in [0.15, 0.2) is 98.0 Å². The van der Waals surface area contributed by atoms with E-state index in [1.807, 2.05) is 10.9 Å². The third kappa shape index (κ3) is 11.5. The summed E-state index contributed by atoms with van der Waals surface area (Å²) in [5, 5.41) is 8.54. The Hall–Kier alpha value is -4.23. The van der Waals surface area contributed by atoms with Crippen molar-refractivity contribution in [3.8, 4) is 11.1 Å². The van der Waals surface area contributed by atoms with Crippen molar-refractivity contribution >= 4 is 0 Å². The quantitative estimate of drug-likeness (QED) is 0.0772. The highest BCUT2D eigenvalue weighted by atomic mass is 16.5. The van der Waals surface area contributed by atoms with Crippen LogP contribution in [-0.2, 0) is 50.4 Å². The maximum Gasteiger partial charge on any atom is 0.171 e. The molecule has 0 radical (unpaired) electrons. The Balaban J connectivity index is 0.989. The third-order valence-electron chi connectivity index (χ3n) is 8.66. The summed E-state index contributed by atoms with van der Waals surface area (Å²) in [6.07, 6.45) is 24.3. The number of ether oxygens (including phenoxy) is 1. The molecule has 0 aliphatic heterocycles. The molecule has 246 valence electrons. The van der Waals surface area contributed by atoms with Gasteiger partial charge < -0.3 is 4.74 Å². The smallest absolute Gasteiger partial charge is 0.171 e. The Morgan fingerprint density at radius 1 is 0.660 bits per heavy atom. The van der Waals surface area contributed by atoms with Crippen LogP contribution in [0, 0.1) is 13.8 Å². The van der Waals surface area contributed by atoms with E-state index in [0.29, 0.717) is 6.61 Å². The Morgan fingerprint density at radius 2 is 1.28 bits per heavy atom. The predicted octanol–water partition coefficient (Wildman–Crippen LogP) is 6.49. The first-order chi connectivity index (χ1) is 23.0. The Morgan fingerprint density at radius 3 is 1.94 bits per heavy atom. The van der Waals surface area contributed by atoms with Gasteiger partial charge in [0.05, 0.1) is 19.2 Å². The summed E-state index contributed by atoms with van der Waals surface area (Å²) in [7, 11) is 0. The molecule has 5 aromatic rings. The summed E-state index contributed by atoms with van der Waals surface area (Å²) in [6.45, 7) is 11.8. The number of hydrogen-bond donors (Lipinski definition) is 0. The van der Waals surface area contributed by atoms with Gasteiger partial charge in [-0.05, 0) is 61.4 Å². The number of hydrogen-bond acceptors (Lipinski definition) is 3. The van der Waals surface area contributed by atoms with Crippen LogP contribution in [0.4, 0.5) is 0 Å². The topological polar surface area (TPSA) is 51.6 Å². The highest BCUT2D eigenvalue weighted by Crippen LogP contribution is 2.16. The van der Waals surface area contributed by atoms with Gasteiger partial charge in [-0.15, -0.1) is 5.10 Å². The summed E-state index contributed by atoms with van der Waals surface area (Å²) < 4.78 is 14.5. The largest absolute Gasteiger partial charge is 0.375 e. The van der Waals surface area contributed by atoms with E-state index in [9.17, 15) is 0 Å². The molecule has 5 rings (SSSR count). The second-order valence-electron chi connectivity index (χ2n) is 12.9. The molecule has 47 heavy (non-hydrogen) atoms. The minimum absolute atomic E-state index is 0.554. The molecule has 0 spiro atoms. The lowest BCUT2D eigenvalue weighted by Crippen LogP contribution is -2.38. The van der Waals surface area contributed by atoms with E-state index in [-0.39, 0.29) is 0 Å². The SMILES string of the molecule is CCCCCCOCc1cn(CCCc2ccc(CC[n+]3ccc(-c4cc[n+](CCC[n+]5cc(C)cc(C)c5)cc4)cc3)cc2)nn1. The molecule has 0 saturated heterocycles. The molecule has 0 aliphatic rings. The van der Waals surface area contributed by atoms with E-state index in [1.54, 1.807) is 0 Å². The monoisotopic (exact) mass is 633 g/mol. The first kappa shape index (κ1) is 34.1. The highest BCUT2D eigenvalue weighted by molar-refractivity contribution is 5.60. The minimum atomic E-state index is 0.554. The lowest BCUT2D eigenvalue weighted by molar-refractivity contribution is -0.727. The Bertz CT molecular complexity index is 1610. The number of benzene rings is 1. The molecule has 0 aliphatic carbocycles. The van der Waals surface area contributed by atoms with Crippen molar-refractivity contribution in [3.05, 3.63) is 126 Å². The Labute approximate surface area is 281 Å². The van der Waals surface area contributed by atoms with E-state index in [0.717, 1.165) is 70.6 Å². The number of pyridine rings is 3. The van der Waals surface area contributed by atoms with E-state index >= 15 is 0 Å². The molecule has 7 heteroatoms. The van der Waals surface area contributed by atoms with Crippen molar-refractivity contribution in [1.29, 1.82) is 0 Å². The van der Waals surface area contributed by atoms with Gasteiger partial charge >= 0.3 is 0 Å². The number of unbranched alkanes of at least 4 members (excludes halogenated alkanes) is 3. The van der Waals surface area contributed by atoms with Crippen molar-refractivity contribution in [2.24, 2.45) is 0 Å². The summed E-state index contributed by atoms with van der Waals surface area (Å²) in [6, 6.07) is 20.2. The molecule has 0 saturated carbocycles. The molecular formula is C40H53N6O+3. The van der Waals surface area contributed by atoms with Gasteiger partial charge in [-0.3, -0.25) is 4.68 Å². The normalized spacial score (nSPS) is 11.3. The maximum atomic E-state index is 5.75. The van der Waals surface area contributed by atoms with E-state index in [4.69, 9.17) is 4.74 Å². The van der Waals surface area contributed by atoms with Crippen LogP contribution in [0.25, 0.3) is 11.1 Å². The fourth-order valence-corrected chi connectivity index (χ4v) is 6.05. The van der Waals surface area contributed by atoms with Crippen LogP contribution in [0.3, 0.4) is 0 Å². The minimum Gasteiger partial charge on any atom is -0.375 e. The van der Waals surface area contributed by atoms with Crippen LogP contribution in [-0.4, -0.2) is 21.6 Å². The molecule has 0 fully saturated rings. The number of aryl methyl sites for hydroxylation is 8. The standard InChI is InChI=1S/C40H53N6O/c1-4-5-6-7-28-47-33-40-32-46(42-41-40)22-8-10-36-11-13-37(14-12-36)15-23-44-26-18-39(19-27-44)38-16-24-43(25-17-38)20-9-21-45-30-34(2)29-35(3)31-45/h11-14,16-19,24-27,29-32H,4-10,15,20-23,28,33H2,1-3H3/q+3. The van der Waals surface area contributed by atoms with Crippen LogP contribution in [0.5, 0.6) is 0 Å². The fourth-order valence-electron chi connectivity index (χ4n) is 6.05. The first-order valence-corrected chi connectivity index (χ1v) is 17.5. The summed E-state index contributed by atoms with van der Waals surface area (Å²) in [5.74, 6) is 0.